The third-order valence-electron chi connectivity index (χ3n) is 2.16. The summed E-state index contributed by atoms with van der Waals surface area (Å²) in [6.07, 6.45) is 2.51. The summed E-state index contributed by atoms with van der Waals surface area (Å²) in [5.74, 6) is 7.64. The van der Waals surface area contributed by atoms with Gasteiger partial charge in [-0.05, 0) is 12.3 Å². The van der Waals surface area contributed by atoms with Crippen molar-refractivity contribution >= 4 is 11.6 Å². The summed E-state index contributed by atoms with van der Waals surface area (Å²) in [4.78, 5) is 8.07. The third-order valence-corrected chi connectivity index (χ3v) is 2.16. The molecule has 0 aliphatic rings. The maximum Gasteiger partial charge on any atom is 0.205 e. The Kier molecular flexibility index (Phi) is 4.78. The van der Waals surface area contributed by atoms with Crippen LogP contribution < -0.4 is 21.3 Å². The molecule has 6 heteroatoms. The number of rotatable bonds is 6. The van der Waals surface area contributed by atoms with Crippen LogP contribution in [0.3, 0.4) is 0 Å². The molecule has 0 bridgehead atoms. The van der Waals surface area contributed by atoms with Gasteiger partial charge in [0.15, 0.2) is 11.6 Å². The van der Waals surface area contributed by atoms with E-state index in [1.807, 2.05) is 0 Å². The molecule has 0 aliphatic heterocycles. The second-order valence-corrected chi connectivity index (χ2v) is 3.86. The van der Waals surface area contributed by atoms with Crippen molar-refractivity contribution in [3.05, 3.63) is 6.33 Å². The van der Waals surface area contributed by atoms with Gasteiger partial charge in [-0.2, -0.15) is 0 Å². The number of aromatic nitrogens is 2. The molecule has 90 valence electrons. The van der Waals surface area contributed by atoms with Gasteiger partial charge in [0.1, 0.15) is 6.33 Å². The molecule has 4 N–H and O–H groups in total. The van der Waals surface area contributed by atoms with E-state index < -0.39 is 0 Å². The van der Waals surface area contributed by atoms with Crippen molar-refractivity contribution in [1.82, 2.24) is 9.97 Å². The Labute approximate surface area is 95.6 Å². The fourth-order valence-electron chi connectivity index (χ4n) is 1.28. The highest BCUT2D eigenvalue weighted by Gasteiger charge is 2.10. The van der Waals surface area contributed by atoms with Gasteiger partial charge in [-0.1, -0.05) is 13.8 Å². The van der Waals surface area contributed by atoms with Crippen molar-refractivity contribution in [3.8, 4) is 5.75 Å². The van der Waals surface area contributed by atoms with E-state index in [4.69, 9.17) is 10.6 Å². The van der Waals surface area contributed by atoms with E-state index in [9.17, 15) is 0 Å². The first kappa shape index (κ1) is 12.5. The first-order chi connectivity index (χ1) is 7.69. The van der Waals surface area contributed by atoms with E-state index in [1.54, 1.807) is 7.11 Å². The fourth-order valence-corrected chi connectivity index (χ4v) is 1.28. The average molecular weight is 225 g/mol. The van der Waals surface area contributed by atoms with Gasteiger partial charge in [0.05, 0.1) is 7.11 Å². The van der Waals surface area contributed by atoms with Crippen LogP contribution in [0.25, 0.3) is 0 Å². The van der Waals surface area contributed by atoms with Crippen LogP contribution in [0.1, 0.15) is 20.3 Å². The zero-order valence-electron chi connectivity index (χ0n) is 9.95. The number of ether oxygens (including phenoxy) is 1. The summed E-state index contributed by atoms with van der Waals surface area (Å²) in [5, 5.41) is 3.20. The number of nitrogen functional groups attached to an aromatic ring is 1. The lowest BCUT2D eigenvalue weighted by Crippen LogP contribution is -2.13. The summed E-state index contributed by atoms with van der Waals surface area (Å²) in [5.41, 5.74) is 2.47. The lowest BCUT2D eigenvalue weighted by molar-refractivity contribution is 0.414. The molecule has 0 fully saturated rings. The highest BCUT2D eigenvalue weighted by atomic mass is 16.5. The molecule has 0 saturated carbocycles. The maximum atomic E-state index is 5.32. The number of nitrogens with zero attached hydrogens (tertiary/aromatic N) is 2. The smallest absolute Gasteiger partial charge is 0.205 e. The zero-order valence-corrected chi connectivity index (χ0v) is 9.95. The average Bonchev–Trinajstić information content (AvgIpc) is 2.28. The van der Waals surface area contributed by atoms with Crippen molar-refractivity contribution in [3.63, 3.8) is 0 Å². The minimum atomic E-state index is 0.476. The molecule has 1 rings (SSSR count). The standard InChI is InChI=1S/C10H19N5O/c1-7(2)4-5-12-9-8(16-3)10(15-11)14-6-13-9/h6-7H,4-5,11H2,1-3H3,(H2,12,13,14,15). The van der Waals surface area contributed by atoms with E-state index in [1.165, 1.54) is 6.33 Å². The molecule has 1 heterocycles. The van der Waals surface area contributed by atoms with Gasteiger partial charge in [-0.3, -0.25) is 0 Å². The van der Waals surface area contributed by atoms with Gasteiger partial charge >= 0.3 is 0 Å². The van der Waals surface area contributed by atoms with Gasteiger partial charge in [0.2, 0.25) is 5.75 Å². The molecule has 1 aromatic rings. The maximum absolute atomic E-state index is 5.32. The predicted molar refractivity (Wildman–Crippen MR) is 64.3 cm³/mol. The number of anilines is 2. The molecule has 0 atom stereocenters. The Morgan fingerprint density at radius 1 is 1.38 bits per heavy atom. The monoisotopic (exact) mass is 225 g/mol. The van der Waals surface area contributed by atoms with Gasteiger partial charge < -0.3 is 15.5 Å². The van der Waals surface area contributed by atoms with E-state index in [0.717, 1.165) is 13.0 Å². The van der Waals surface area contributed by atoms with Crippen molar-refractivity contribution in [2.24, 2.45) is 11.8 Å². The van der Waals surface area contributed by atoms with Crippen molar-refractivity contribution in [2.75, 3.05) is 24.4 Å². The number of nitrogens with one attached hydrogen (secondary N) is 2. The minimum absolute atomic E-state index is 0.476. The first-order valence-electron chi connectivity index (χ1n) is 5.28. The van der Waals surface area contributed by atoms with Crippen LogP contribution in [0.4, 0.5) is 11.6 Å². The van der Waals surface area contributed by atoms with Crippen LogP contribution in [-0.2, 0) is 0 Å². The lowest BCUT2D eigenvalue weighted by Gasteiger charge is -2.13. The van der Waals surface area contributed by atoms with Crippen LogP contribution in [0.15, 0.2) is 6.33 Å². The molecule has 0 saturated heterocycles. The summed E-state index contributed by atoms with van der Waals surface area (Å²) >= 11 is 0. The Balaban J connectivity index is 2.71. The molecule has 0 unspecified atom stereocenters. The van der Waals surface area contributed by atoms with Crippen molar-refractivity contribution < 1.29 is 4.74 Å². The summed E-state index contributed by atoms with van der Waals surface area (Å²) in [6.45, 7) is 5.19. The van der Waals surface area contributed by atoms with Crippen LogP contribution >= 0.6 is 0 Å². The molecule has 0 spiro atoms. The van der Waals surface area contributed by atoms with E-state index >= 15 is 0 Å². The number of hydrogen-bond acceptors (Lipinski definition) is 6. The zero-order chi connectivity index (χ0) is 12.0. The van der Waals surface area contributed by atoms with Gasteiger partial charge in [0, 0.05) is 6.54 Å². The van der Waals surface area contributed by atoms with Crippen LogP contribution in [0.2, 0.25) is 0 Å². The van der Waals surface area contributed by atoms with Crippen LogP contribution in [0, 0.1) is 5.92 Å². The predicted octanol–water partition coefficient (Wildman–Crippen LogP) is 1.23. The van der Waals surface area contributed by atoms with Gasteiger partial charge in [-0.15, -0.1) is 0 Å². The molecular weight excluding hydrogens is 206 g/mol. The van der Waals surface area contributed by atoms with E-state index in [2.05, 4.69) is 34.6 Å². The number of methoxy groups -OCH3 is 1. The normalized spacial score (nSPS) is 10.3. The minimum Gasteiger partial charge on any atom is -0.490 e. The molecule has 16 heavy (non-hydrogen) atoms. The Morgan fingerprint density at radius 3 is 2.62 bits per heavy atom. The van der Waals surface area contributed by atoms with Crippen molar-refractivity contribution in [1.29, 1.82) is 0 Å². The van der Waals surface area contributed by atoms with E-state index in [0.29, 0.717) is 23.3 Å². The Bertz CT molecular complexity index is 329. The first-order valence-corrected chi connectivity index (χ1v) is 5.28. The van der Waals surface area contributed by atoms with Crippen LogP contribution in [-0.4, -0.2) is 23.6 Å². The van der Waals surface area contributed by atoms with Gasteiger partial charge in [0.25, 0.3) is 0 Å². The number of hydrazine groups is 1. The number of nitrogens with two attached hydrogens (primary N) is 1. The second kappa shape index (κ2) is 6.12. The highest BCUT2D eigenvalue weighted by Crippen LogP contribution is 2.27. The molecule has 1 aromatic heterocycles. The molecule has 0 radical (unpaired) electrons. The fraction of sp³-hybridized carbons (Fsp3) is 0.600. The third kappa shape index (κ3) is 3.23. The molecule has 6 nitrogen and oxygen atoms in total. The molecule has 0 aliphatic carbocycles. The quantitative estimate of drug-likeness (QED) is 0.499. The largest absolute Gasteiger partial charge is 0.490 e. The van der Waals surface area contributed by atoms with E-state index in [-0.39, 0.29) is 0 Å². The Morgan fingerprint density at radius 2 is 2.06 bits per heavy atom. The summed E-state index contributed by atoms with van der Waals surface area (Å²) < 4.78 is 5.19. The summed E-state index contributed by atoms with van der Waals surface area (Å²) in [7, 11) is 1.56. The molecular formula is C10H19N5O. The molecule has 0 amide bonds. The van der Waals surface area contributed by atoms with Crippen molar-refractivity contribution in [2.45, 2.75) is 20.3 Å². The highest BCUT2D eigenvalue weighted by molar-refractivity contribution is 5.62. The molecule has 0 aromatic carbocycles. The van der Waals surface area contributed by atoms with Gasteiger partial charge in [-0.25, -0.2) is 15.8 Å². The topological polar surface area (TPSA) is 85.1 Å². The second-order valence-electron chi connectivity index (χ2n) is 3.86. The number of hydrogen-bond donors (Lipinski definition) is 3. The van der Waals surface area contributed by atoms with Crippen LogP contribution in [0.5, 0.6) is 5.75 Å². The Hall–Kier alpha value is -1.56. The SMILES string of the molecule is COc1c(NN)ncnc1NCCC(C)C. The lowest BCUT2D eigenvalue weighted by atomic mass is 10.1. The summed E-state index contributed by atoms with van der Waals surface area (Å²) in [6, 6.07) is 0.